The van der Waals surface area contributed by atoms with Gasteiger partial charge < -0.3 is 14.6 Å². The lowest BCUT2D eigenvalue weighted by molar-refractivity contribution is 0.474. The van der Waals surface area contributed by atoms with Gasteiger partial charge in [-0.2, -0.15) is 0 Å². The highest BCUT2D eigenvalue weighted by molar-refractivity contribution is 5.83. The first-order valence-corrected chi connectivity index (χ1v) is 7.71. The predicted molar refractivity (Wildman–Crippen MR) is 96.5 cm³/mol. The Morgan fingerprint density at radius 3 is 2.52 bits per heavy atom. The second-order valence-corrected chi connectivity index (χ2v) is 5.54. The van der Waals surface area contributed by atoms with Crippen LogP contribution in [0.5, 0.6) is 11.5 Å². The number of fused-ring (bicyclic) bond motifs is 1. The van der Waals surface area contributed by atoms with Crippen molar-refractivity contribution in [3.05, 3.63) is 72.3 Å². The fourth-order valence-corrected chi connectivity index (χ4v) is 2.47. The molecule has 0 saturated heterocycles. The van der Waals surface area contributed by atoms with Crippen molar-refractivity contribution in [2.45, 2.75) is 0 Å². The molecule has 25 heavy (non-hydrogen) atoms. The number of aromatic hydroxyl groups is 2. The third-order valence-electron chi connectivity index (χ3n) is 3.76. The number of oxazole rings is 1. The molecule has 0 radical (unpaired) electrons. The average molecular weight is 330 g/mol. The van der Waals surface area contributed by atoms with E-state index < -0.39 is 0 Å². The minimum Gasteiger partial charge on any atom is -0.508 e. The number of phenols is 2. The minimum atomic E-state index is 0.0788. The lowest BCUT2D eigenvalue weighted by atomic mass is 10.1. The Labute approximate surface area is 143 Å². The highest BCUT2D eigenvalue weighted by atomic mass is 16.3. The largest absolute Gasteiger partial charge is 0.508 e. The molecule has 3 aromatic carbocycles. The molecule has 0 amide bonds. The first-order chi connectivity index (χ1) is 12.2. The van der Waals surface area contributed by atoms with Gasteiger partial charge in [-0.05, 0) is 60.2 Å². The van der Waals surface area contributed by atoms with Gasteiger partial charge in [-0.1, -0.05) is 12.1 Å². The van der Waals surface area contributed by atoms with Gasteiger partial charge in [-0.25, -0.2) is 4.98 Å². The fourth-order valence-electron chi connectivity index (χ4n) is 2.47. The topological polar surface area (TPSA) is 78.9 Å². The van der Waals surface area contributed by atoms with Crippen molar-refractivity contribution in [1.29, 1.82) is 0 Å². The van der Waals surface area contributed by atoms with Crippen molar-refractivity contribution < 1.29 is 14.6 Å². The first-order valence-electron chi connectivity index (χ1n) is 7.71. The van der Waals surface area contributed by atoms with Crippen molar-refractivity contribution in [3.63, 3.8) is 0 Å². The van der Waals surface area contributed by atoms with Gasteiger partial charge >= 0.3 is 0 Å². The minimum absolute atomic E-state index is 0.0788. The van der Waals surface area contributed by atoms with Gasteiger partial charge in [-0.3, -0.25) is 4.99 Å². The third kappa shape index (κ3) is 3.07. The van der Waals surface area contributed by atoms with Crippen LogP contribution in [0.1, 0.15) is 5.56 Å². The highest BCUT2D eigenvalue weighted by Gasteiger charge is 2.12. The van der Waals surface area contributed by atoms with E-state index >= 15 is 0 Å². The quantitative estimate of drug-likeness (QED) is 0.536. The average Bonchev–Trinajstić information content (AvgIpc) is 3.06. The van der Waals surface area contributed by atoms with Crippen LogP contribution in [-0.4, -0.2) is 21.4 Å². The van der Waals surface area contributed by atoms with E-state index in [-0.39, 0.29) is 11.5 Å². The molecule has 0 fully saturated rings. The Balaban J connectivity index is 1.69. The summed E-state index contributed by atoms with van der Waals surface area (Å²) in [6.45, 7) is 0. The van der Waals surface area contributed by atoms with Gasteiger partial charge in [-0.15, -0.1) is 0 Å². The number of aliphatic imine (C=N–C) groups is 1. The van der Waals surface area contributed by atoms with Gasteiger partial charge in [0.2, 0.25) is 5.89 Å². The molecule has 5 nitrogen and oxygen atoms in total. The molecular weight excluding hydrogens is 316 g/mol. The van der Waals surface area contributed by atoms with Crippen LogP contribution in [0, 0.1) is 0 Å². The zero-order chi connectivity index (χ0) is 17.2. The summed E-state index contributed by atoms with van der Waals surface area (Å²) in [6, 6.07) is 19.2. The summed E-state index contributed by atoms with van der Waals surface area (Å²) in [5.74, 6) is 0.635. The molecule has 2 N–H and O–H groups in total. The summed E-state index contributed by atoms with van der Waals surface area (Å²) < 4.78 is 5.72. The molecule has 122 valence electrons. The summed E-state index contributed by atoms with van der Waals surface area (Å²) in [7, 11) is 0. The number of aromatic nitrogens is 1. The Morgan fingerprint density at radius 2 is 1.72 bits per heavy atom. The van der Waals surface area contributed by atoms with Crippen molar-refractivity contribution in [3.8, 4) is 23.0 Å². The van der Waals surface area contributed by atoms with Crippen LogP contribution < -0.4 is 0 Å². The molecule has 0 atom stereocenters. The molecule has 1 aromatic heterocycles. The summed E-state index contributed by atoms with van der Waals surface area (Å²) >= 11 is 0. The molecule has 0 saturated carbocycles. The second kappa shape index (κ2) is 6.13. The zero-order valence-corrected chi connectivity index (χ0v) is 13.1. The number of hydrogen-bond acceptors (Lipinski definition) is 5. The molecule has 1 heterocycles. The molecule has 0 unspecified atom stereocenters. The van der Waals surface area contributed by atoms with E-state index in [2.05, 4.69) is 9.98 Å². The fraction of sp³-hybridized carbons (Fsp3) is 0. The maximum Gasteiger partial charge on any atom is 0.231 e. The predicted octanol–water partition coefficient (Wildman–Crippen LogP) is 4.66. The number of para-hydroxylation sites is 2. The van der Waals surface area contributed by atoms with Crippen LogP contribution in [0.15, 0.2) is 76.1 Å². The molecule has 4 aromatic rings. The van der Waals surface area contributed by atoms with Crippen molar-refractivity contribution in [2.75, 3.05) is 0 Å². The van der Waals surface area contributed by atoms with Gasteiger partial charge in [0.15, 0.2) is 5.58 Å². The molecule has 0 aliphatic heterocycles. The molecule has 0 aliphatic carbocycles. The van der Waals surface area contributed by atoms with E-state index in [4.69, 9.17) is 4.42 Å². The smallest absolute Gasteiger partial charge is 0.231 e. The zero-order valence-electron chi connectivity index (χ0n) is 13.1. The van der Waals surface area contributed by atoms with Crippen molar-refractivity contribution >= 4 is 23.0 Å². The molecule has 4 rings (SSSR count). The SMILES string of the molecule is Oc1ccc(C=Nc2ccc(O)c(-c3nc4ccccc4o3)c2)cc1. The maximum atomic E-state index is 10.1. The molecular formula is C20H14N2O3. The van der Waals surface area contributed by atoms with Gasteiger partial charge in [0.05, 0.1) is 11.3 Å². The van der Waals surface area contributed by atoms with Gasteiger partial charge in [0.25, 0.3) is 0 Å². The summed E-state index contributed by atoms with van der Waals surface area (Å²) in [5, 5.41) is 19.5. The van der Waals surface area contributed by atoms with E-state index in [9.17, 15) is 10.2 Å². The second-order valence-electron chi connectivity index (χ2n) is 5.54. The lowest BCUT2D eigenvalue weighted by Crippen LogP contribution is -1.81. The van der Waals surface area contributed by atoms with Gasteiger partial charge in [0.1, 0.15) is 17.0 Å². The van der Waals surface area contributed by atoms with Crippen LogP contribution in [-0.2, 0) is 0 Å². The number of phenolic OH excluding ortho intramolecular Hbond substituents is 2. The number of rotatable bonds is 3. The van der Waals surface area contributed by atoms with E-state index in [0.29, 0.717) is 22.7 Å². The molecule has 0 bridgehead atoms. The summed E-state index contributed by atoms with van der Waals surface area (Å²) in [6.07, 6.45) is 1.68. The Hall–Kier alpha value is -3.60. The van der Waals surface area contributed by atoms with Crippen LogP contribution in [0.25, 0.3) is 22.6 Å². The number of hydrogen-bond donors (Lipinski definition) is 2. The first kappa shape index (κ1) is 15.0. The number of benzene rings is 3. The summed E-state index contributed by atoms with van der Waals surface area (Å²) in [4.78, 5) is 8.81. The normalized spacial score (nSPS) is 11.4. The molecule has 0 aliphatic rings. The third-order valence-corrected chi connectivity index (χ3v) is 3.76. The monoisotopic (exact) mass is 330 g/mol. The standard InChI is InChI=1S/C20H14N2O3/c23-15-8-5-13(6-9-15)12-21-14-7-10-18(24)16(11-14)20-22-17-3-1-2-4-19(17)25-20/h1-12,23-24H. The van der Waals surface area contributed by atoms with E-state index in [0.717, 1.165) is 11.1 Å². The van der Waals surface area contributed by atoms with E-state index in [1.54, 1.807) is 48.7 Å². The van der Waals surface area contributed by atoms with Crippen molar-refractivity contribution in [1.82, 2.24) is 4.98 Å². The Kier molecular flexibility index (Phi) is 3.67. The van der Waals surface area contributed by atoms with Crippen LogP contribution in [0.2, 0.25) is 0 Å². The van der Waals surface area contributed by atoms with E-state index in [1.165, 1.54) is 0 Å². The van der Waals surface area contributed by atoms with Crippen LogP contribution >= 0.6 is 0 Å². The molecule has 5 heteroatoms. The summed E-state index contributed by atoms with van der Waals surface area (Å²) in [5.41, 5.74) is 3.39. The number of nitrogens with zero attached hydrogens (tertiary/aromatic N) is 2. The highest BCUT2D eigenvalue weighted by Crippen LogP contribution is 2.34. The Morgan fingerprint density at radius 1 is 0.920 bits per heavy atom. The van der Waals surface area contributed by atoms with Crippen LogP contribution in [0.4, 0.5) is 5.69 Å². The van der Waals surface area contributed by atoms with Gasteiger partial charge in [0, 0.05) is 6.21 Å². The molecule has 0 spiro atoms. The van der Waals surface area contributed by atoms with Crippen LogP contribution in [0.3, 0.4) is 0 Å². The lowest BCUT2D eigenvalue weighted by Gasteiger charge is -2.02. The van der Waals surface area contributed by atoms with E-state index in [1.807, 2.05) is 24.3 Å². The maximum absolute atomic E-state index is 10.1. The Bertz CT molecular complexity index is 1030. The van der Waals surface area contributed by atoms with Crippen molar-refractivity contribution in [2.24, 2.45) is 4.99 Å².